The third kappa shape index (κ3) is 2.60. The molecule has 23 heavy (non-hydrogen) atoms. The summed E-state index contributed by atoms with van der Waals surface area (Å²) in [5, 5.41) is 6.87. The summed E-state index contributed by atoms with van der Waals surface area (Å²) in [5.74, 6) is 2.23. The highest BCUT2D eigenvalue weighted by Gasteiger charge is 2.18. The van der Waals surface area contributed by atoms with Crippen molar-refractivity contribution >= 4 is 5.52 Å². The molecule has 0 aliphatic heterocycles. The molecule has 0 aliphatic carbocycles. The normalized spacial score (nSPS) is 11.1. The van der Waals surface area contributed by atoms with Gasteiger partial charge in [0, 0.05) is 6.42 Å². The molecule has 0 spiro atoms. The Morgan fingerprint density at radius 3 is 2.78 bits per heavy atom. The maximum atomic E-state index is 12.2. The van der Waals surface area contributed by atoms with Crippen molar-refractivity contribution in [3.63, 3.8) is 0 Å². The van der Waals surface area contributed by atoms with Crippen LogP contribution in [0.2, 0.25) is 0 Å². The van der Waals surface area contributed by atoms with Gasteiger partial charge in [-0.15, -0.1) is 0 Å². The summed E-state index contributed by atoms with van der Waals surface area (Å²) in [6.45, 7) is 6.44. The van der Waals surface area contributed by atoms with E-state index in [2.05, 4.69) is 22.1 Å². The predicted octanol–water partition coefficient (Wildman–Crippen LogP) is 2.74. The van der Waals surface area contributed by atoms with Gasteiger partial charge in [0.2, 0.25) is 0 Å². The molecule has 1 aromatic carbocycles. The van der Waals surface area contributed by atoms with Crippen molar-refractivity contribution in [1.29, 1.82) is 0 Å². The summed E-state index contributed by atoms with van der Waals surface area (Å²) in [6.07, 6.45) is 1.72. The third-order valence-corrected chi connectivity index (χ3v) is 3.71. The fourth-order valence-electron chi connectivity index (χ4n) is 2.79. The Bertz CT molecular complexity index is 895. The summed E-state index contributed by atoms with van der Waals surface area (Å²) >= 11 is 0. The minimum absolute atomic E-state index is 0.227. The lowest BCUT2D eigenvalue weighted by molar-refractivity contribution is 0.341. The van der Waals surface area contributed by atoms with Crippen LogP contribution in [0.5, 0.6) is 5.75 Å². The number of hydrogen-bond donors (Lipinski definition) is 1. The van der Waals surface area contributed by atoms with Gasteiger partial charge in [-0.2, -0.15) is 5.10 Å². The smallest absolute Gasteiger partial charge is 0.290 e. The fourth-order valence-corrected chi connectivity index (χ4v) is 2.79. The van der Waals surface area contributed by atoms with Crippen LogP contribution in [0.1, 0.15) is 31.8 Å². The number of H-pyrrole nitrogens is 1. The molecule has 6 heteroatoms. The molecule has 6 nitrogen and oxygen atoms in total. The number of nitrogens with one attached hydrogen (secondary N) is 1. The zero-order chi connectivity index (χ0) is 16.4. The Hall–Kier alpha value is -2.63. The van der Waals surface area contributed by atoms with Crippen LogP contribution < -0.4 is 10.3 Å². The van der Waals surface area contributed by atoms with Gasteiger partial charge in [0.1, 0.15) is 17.1 Å². The molecule has 2 heterocycles. The van der Waals surface area contributed by atoms with E-state index >= 15 is 0 Å². The molecular weight excluding hydrogens is 292 g/mol. The maximum absolute atomic E-state index is 12.2. The standard InChI is InChI=1S/C17H20N4O2/c1-4-8-14-18-11(3)15-17(22)20-19-16(21(14)15)12-9-6-7-10-13(12)23-5-2/h6-7,9-10H,4-5,8H2,1-3H3,(H,20,22). The second kappa shape index (κ2) is 6.24. The highest BCUT2D eigenvalue weighted by atomic mass is 16.5. The van der Waals surface area contributed by atoms with Gasteiger partial charge in [-0.05, 0) is 32.4 Å². The van der Waals surface area contributed by atoms with E-state index in [1.165, 1.54) is 0 Å². The average molecular weight is 312 g/mol. The molecule has 3 aromatic rings. The Balaban J connectivity index is 2.34. The molecule has 0 fully saturated rings. The number of ether oxygens (including phenoxy) is 1. The lowest BCUT2D eigenvalue weighted by Crippen LogP contribution is -2.15. The minimum atomic E-state index is -0.227. The van der Waals surface area contributed by atoms with Crippen LogP contribution in [-0.2, 0) is 6.42 Å². The lowest BCUT2D eigenvalue weighted by Gasteiger charge is -2.11. The molecule has 0 radical (unpaired) electrons. The Labute approximate surface area is 134 Å². The van der Waals surface area contributed by atoms with Gasteiger partial charge in [0.05, 0.1) is 17.9 Å². The number of aromatic nitrogens is 4. The number of hydrogen-bond acceptors (Lipinski definition) is 4. The fraction of sp³-hybridized carbons (Fsp3) is 0.353. The van der Waals surface area contributed by atoms with Crippen molar-refractivity contribution in [2.75, 3.05) is 6.61 Å². The number of aryl methyl sites for hydroxylation is 2. The molecule has 0 amide bonds. The molecular formula is C17H20N4O2. The Morgan fingerprint density at radius 2 is 2.04 bits per heavy atom. The molecule has 0 unspecified atom stereocenters. The van der Waals surface area contributed by atoms with Crippen molar-refractivity contribution < 1.29 is 4.74 Å². The van der Waals surface area contributed by atoms with Crippen molar-refractivity contribution in [3.05, 3.63) is 46.1 Å². The van der Waals surface area contributed by atoms with E-state index in [1.54, 1.807) is 0 Å². The second-order valence-corrected chi connectivity index (χ2v) is 5.35. The highest BCUT2D eigenvalue weighted by molar-refractivity contribution is 5.68. The number of aromatic amines is 1. The molecule has 3 rings (SSSR count). The van der Waals surface area contributed by atoms with Crippen LogP contribution in [0.25, 0.3) is 16.9 Å². The van der Waals surface area contributed by atoms with Crippen LogP contribution in [-0.4, -0.2) is 26.2 Å². The number of rotatable bonds is 5. The average Bonchev–Trinajstić information content (AvgIpc) is 2.87. The molecule has 0 saturated carbocycles. The predicted molar refractivity (Wildman–Crippen MR) is 88.9 cm³/mol. The largest absolute Gasteiger partial charge is 0.493 e. The van der Waals surface area contributed by atoms with Gasteiger partial charge in [-0.25, -0.2) is 10.1 Å². The molecule has 0 saturated heterocycles. The highest BCUT2D eigenvalue weighted by Crippen LogP contribution is 2.29. The first-order chi connectivity index (χ1) is 11.2. The quantitative estimate of drug-likeness (QED) is 0.786. The van der Waals surface area contributed by atoms with Crippen LogP contribution in [0.4, 0.5) is 0 Å². The number of para-hydroxylation sites is 1. The first-order valence-corrected chi connectivity index (χ1v) is 7.86. The monoisotopic (exact) mass is 312 g/mol. The van der Waals surface area contributed by atoms with Crippen molar-refractivity contribution in [3.8, 4) is 17.1 Å². The number of imidazole rings is 1. The first kappa shape index (κ1) is 15.3. The van der Waals surface area contributed by atoms with E-state index in [9.17, 15) is 4.79 Å². The van der Waals surface area contributed by atoms with E-state index in [0.717, 1.165) is 30.0 Å². The van der Waals surface area contributed by atoms with Crippen molar-refractivity contribution in [2.24, 2.45) is 0 Å². The van der Waals surface area contributed by atoms with E-state index in [4.69, 9.17) is 4.74 Å². The number of fused-ring (bicyclic) bond motifs is 1. The van der Waals surface area contributed by atoms with Gasteiger partial charge >= 0.3 is 0 Å². The summed E-state index contributed by atoms with van der Waals surface area (Å²) in [6, 6.07) is 7.69. The van der Waals surface area contributed by atoms with Crippen LogP contribution in [0.15, 0.2) is 29.1 Å². The van der Waals surface area contributed by atoms with Gasteiger partial charge in [0.15, 0.2) is 5.82 Å². The van der Waals surface area contributed by atoms with Crippen molar-refractivity contribution in [1.82, 2.24) is 19.6 Å². The van der Waals surface area contributed by atoms with Gasteiger partial charge in [0.25, 0.3) is 5.56 Å². The van der Waals surface area contributed by atoms with Gasteiger partial charge in [-0.3, -0.25) is 9.20 Å². The van der Waals surface area contributed by atoms with Crippen LogP contribution in [0, 0.1) is 6.92 Å². The summed E-state index contributed by atoms with van der Waals surface area (Å²) in [5.41, 5.74) is 1.87. The Kier molecular flexibility index (Phi) is 4.14. The number of benzene rings is 1. The molecule has 2 aromatic heterocycles. The topological polar surface area (TPSA) is 72.3 Å². The SMILES string of the molecule is CCCc1nc(C)c2c(=O)[nH]nc(-c3ccccc3OCC)n12. The van der Waals surface area contributed by atoms with Gasteiger partial charge in [-0.1, -0.05) is 19.1 Å². The van der Waals surface area contributed by atoms with Crippen LogP contribution in [0.3, 0.4) is 0 Å². The van der Waals surface area contributed by atoms with E-state index in [0.29, 0.717) is 23.6 Å². The van der Waals surface area contributed by atoms with E-state index in [1.807, 2.05) is 42.5 Å². The van der Waals surface area contributed by atoms with E-state index in [-0.39, 0.29) is 5.56 Å². The third-order valence-electron chi connectivity index (χ3n) is 3.71. The van der Waals surface area contributed by atoms with Crippen molar-refractivity contribution in [2.45, 2.75) is 33.6 Å². The zero-order valence-electron chi connectivity index (χ0n) is 13.6. The summed E-state index contributed by atoms with van der Waals surface area (Å²) in [7, 11) is 0. The molecule has 120 valence electrons. The number of nitrogens with zero attached hydrogens (tertiary/aromatic N) is 3. The van der Waals surface area contributed by atoms with Gasteiger partial charge < -0.3 is 4.74 Å². The molecule has 1 N–H and O–H groups in total. The molecule has 0 bridgehead atoms. The second-order valence-electron chi connectivity index (χ2n) is 5.35. The van der Waals surface area contributed by atoms with Crippen LogP contribution >= 0.6 is 0 Å². The zero-order valence-corrected chi connectivity index (χ0v) is 13.6. The maximum Gasteiger partial charge on any atom is 0.290 e. The van der Waals surface area contributed by atoms with E-state index < -0.39 is 0 Å². The summed E-state index contributed by atoms with van der Waals surface area (Å²) in [4.78, 5) is 16.8. The summed E-state index contributed by atoms with van der Waals surface area (Å²) < 4.78 is 7.57. The minimum Gasteiger partial charge on any atom is -0.493 e. The lowest BCUT2D eigenvalue weighted by atomic mass is 10.2. The molecule has 0 aliphatic rings. The first-order valence-electron chi connectivity index (χ1n) is 7.86. The Morgan fingerprint density at radius 1 is 1.26 bits per heavy atom. The molecule has 0 atom stereocenters.